The summed E-state index contributed by atoms with van der Waals surface area (Å²) in [4.78, 5) is 4.23. The predicted octanol–water partition coefficient (Wildman–Crippen LogP) is 3.04. The van der Waals surface area contributed by atoms with Gasteiger partial charge < -0.3 is 5.11 Å². The van der Waals surface area contributed by atoms with E-state index in [1.165, 1.54) is 0 Å². The Labute approximate surface area is 121 Å². The number of hydrogen-bond donors (Lipinski definition) is 1. The maximum Gasteiger partial charge on any atom is 0.138 e. The molecule has 0 spiro atoms. The third-order valence-corrected chi connectivity index (χ3v) is 4.17. The lowest BCUT2D eigenvalue weighted by molar-refractivity contribution is 0.173. The number of nitrogens with zero attached hydrogens (tertiary/aromatic N) is 3. The SMILES string of the molecule is CCCn1ncnc1CC(O)c1cccc(C)c1Br. The van der Waals surface area contributed by atoms with Gasteiger partial charge in [-0.2, -0.15) is 5.10 Å². The number of aliphatic hydroxyl groups is 1. The lowest BCUT2D eigenvalue weighted by atomic mass is 10.0. The molecule has 1 aromatic heterocycles. The van der Waals surface area contributed by atoms with E-state index in [9.17, 15) is 5.11 Å². The van der Waals surface area contributed by atoms with Crippen LogP contribution in [0.1, 0.15) is 36.4 Å². The molecule has 0 bridgehead atoms. The smallest absolute Gasteiger partial charge is 0.138 e. The van der Waals surface area contributed by atoms with Crippen LogP contribution >= 0.6 is 15.9 Å². The van der Waals surface area contributed by atoms with Crippen molar-refractivity contribution < 1.29 is 5.11 Å². The van der Waals surface area contributed by atoms with Gasteiger partial charge in [0.1, 0.15) is 12.2 Å². The molecule has 1 unspecified atom stereocenters. The molecule has 0 fully saturated rings. The molecule has 2 aromatic rings. The van der Waals surface area contributed by atoms with Crippen molar-refractivity contribution in [1.82, 2.24) is 14.8 Å². The van der Waals surface area contributed by atoms with Gasteiger partial charge in [0.25, 0.3) is 0 Å². The van der Waals surface area contributed by atoms with Gasteiger partial charge in [-0.15, -0.1) is 0 Å². The summed E-state index contributed by atoms with van der Waals surface area (Å²) in [6, 6.07) is 5.90. The average Bonchev–Trinajstić information content (AvgIpc) is 2.80. The Morgan fingerprint density at radius 2 is 2.21 bits per heavy atom. The van der Waals surface area contributed by atoms with Crippen LogP contribution in [0.25, 0.3) is 0 Å². The third-order valence-electron chi connectivity index (χ3n) is 3.09. The summed E-state index contributed by atoms with van der Waals surface area (Å²) >= 11 is 3.53. The highest BCUT2D eigenvalue weighted by atomic mass is 79.9. The molecule has 1 atom stereocenters. The Bertz CT molecular complexity index is 553. The predicted molar refractivity (Wildman–Crippen MR) is 77.9 cm³/mol. The Morgan fingerprint density at radius 3 is 2.95 bits per heavy atom. The third kappa shape index (κ3) is 3.22. The van der Waals surface area contributed by atoms with Crippen molar-refractivity contribution in [3.05, 3.63) is 46.0 Å². The Morgan fingerprint density at radius 1 is 1.42 bits per heavy atom. The first-order chi connectivity index (χ1) is 9.13. The molecule has 102 valence electrons. The second-order valence-corrected chi connectivity index (χ2v) is 5.39. The van der Waals surface area contributed by atoms with Gasteiger partial charge in [-0.25, -0.2) is 4.98 Å². The van der Waals surface area contributed by atoms with Crippen molar-refractivity contribution in [3.63, 3.8) is 0 Å². The van der Waals surface area contributed by atoms with E-state index in [2.05, 4.69) is 32.9 Å². The fraction of sp³-hybridized carbons (Fsp3) is 0.429. The summed E-state index contributed by atoms with van der Waals surface area (Å²) in [5, 5.41) is 14.6. The van der Waals surface area contributed by atoms with E-state index in [4.69, 9.17) is 0 Å². The summed E-state index contributed by atoms with van der Waals surface area (Å²) in [5.74, 6) is 0.822. The number of rotatable bonds is 5. The molecule has 0 aliphatic carbocycles. The number of halogens is 1. The molecule has 4 nitrogen and oxygen atoms in total. The van der Waals surface area contributed by atoms with E-state index in [0.717, 1.165) is 34.4 Å². The summed E-state index contributed by atoms with van der Waals surface area (Å²) in [6.45, 7) is 4.94. The van der Waals surface area contributed by atoms with E-state index >= 15 is 0 Å². The number of aryl methyl sites for hydroxylation is 2. The normalized spacial score (nSPS) is 12.6. The summed E-state index contributed by atoms with van der Waals surface area (Å²) < 4.78 is 2.82. The molecular weight excluding hydrogens is 306 g/mol. The van der Waals surface area contributed by atoms with Crippen LogP contribution < -0.4 is 0 Å². The summed E-state index contributed by atoms with van der Waals surface area (Å²) in [7, 11) is 0. The molecule has 5 heteroatoms. The minimum atomic E-state index is -0.575. The molecule has 0 saturated carbocycles. The quantitative estimate of drug-likeness (QED) is 0.920. The Balaban J connectivity index is 2.18. The molecule has 0 radical (unpaired) electrons. The van der Waals surface area contributed by atoms with E-state index in [-0.39, 0.29) is 0 Å². The van der Waals surface area contributed by atoms with Crippen LogP contribution in [-0.4, -0.2) is 19.9 Å². The first-order valence-electron chi connectivity index (χ1n) is 6.43. The lowest BCUT2D eigenvalue weighted by Crippen LogP contribution is -2.11. The highest BCUT2D eigenvalue weighted by Gasteiger charge is 2.16. The number of aliphatic hydroxyl groups excluding tert-OH is 1. The highest BCUT2D eigenvalue weighted by molar-refractivity contribution is 9.10. The van der Waals surface area contributed by atoms with Crippen LogP contribution in [0.15, 0.2) is 29.0 Å². The first-order valence-corrected chi connectivity index (χ1v) is 7.22. The van der Waals surface area contributed by atoms with Gasteiger partial charge in [-0.1, -0.05) is 41.1 Å². The van der Waals surface area contributed by atoms with E-state index < -0.39 is 6.10 Å². The average molecular weight is 324 g/mol. The molecule has 19 heavy (non-hydrogen) atoms. The topological polar surface area (TPSA) is 50.9 Å². The van der Waals surface area contributed by atoms with Crippen molar-refractivity contribution in [2.24, 2.45) is 0 Å². The van der Waals surface area contributed by atoms with Gasteiger partial charge in [0.2, 0.25) is 0 Å². The van der Waals surface area contributed by atoms with E-state index in [0.29, 0.717) is 6.42 Å². The zero-order valence-electron chi connectivity index (χ0n) is 11.2. The van der Waals surface area contributed by atoms with Gasteiger partial charge >= 0.3 is 0 Å². The standard InChI is InChI=1S/C14H18BrN3O/c1-3-7-18-13(16-9-17-18)8-12(19)11-6-4-5-10(2)14(11)15/h4-6,9,12,19H,3,7-8H2,1-2H3. The fourth-order valence-corrected chi connectivity index (χ4v) is 2.58. The zero-order valence-corrected chi connectivity index (χ0v) is 12.8. The molecule has 0 amide bonds. The van der Waals surface area contributed by atoms with Crippen LogP contribution in [0.5, 0.6) is 0 Å². The minimum Gasteiger partial charge on any atom is -0.388 e. The maximum atomic E-state index is 10.4. The fourth-order valence-electron chi connectivity index (χ4n) is 2.06. The van der Waals surface area contributed by atoms with Crippen LogP contribution in [0.4, 0.5) is 0 Å². The monoisotopic (exact) mass is 323 g/mol. The molecule has 0 aliphatic heterocycles. The largest absolute Gasteiger partial charge is 0.388 e. The molecule has 1 aromatic carbocycles. The summed E-state index contributed by atoms with van der Waals surface area (Å²) in [5.41, 5.74) is 2.01. The minimum absolute atomic E-state index is 0.474. The van der Waals surface area contributed by atoms with Gasteiger partial charge in [-0.3, -0.25) is 4.68 Å². The van der Waals surface area contributed by atoms with Gasteiger partial charge in [0.05, 0.1) is 6.10 Å². The van der Waals surface area contributed by atoms with Crippen molar-refractivity contribution in [3.8, 4) is 0 Å². The van der Waals surface area contributed by atoms with Gasteiger partial charge in [-0.05, 0) is 24.5 Å². The van der Waals surface area contributed by atoms with Crippen molar-refractivity contribution >= 4 is 15.9 Å². The highest BCUT2D eigenvalue weighted by Crippen LogP contribution is 2.28. The van der Waals surface area contributed by atoms with Crippen LogP contribution in [-0.2, 0) is 13.0 Å². The van der Waals surface area contributed by atoms with Crippen LogP contribution in [0, 0.1) is 6.92 Å². The van der Waals surface area contributed by atoms with Crippen molar-refractivity contribution in [2.45, 2.75) is 39.3 Å². The van der Waals surface area contributed by atoms with E-state index in [1.54, 1.807) is 6.33 Å². The molecule has 1 N–H and O–H groups in total. The van der Waals surface area contributed by atoms with Crippen molar-refractivity contribution in [1.29, 1.82) is 0 Å². The zero-order chi connectivity index (χ0) is 13.8. The summed E-state index contributed by atoms with van der Waals surface area (Å²) in [6.07, 6.45) is 2.44. The first kappa shape index (κ1) is 14.2. The molecule has 0 aliphatic rings. The van der Waals surface area contributed by atoms with Crippen LogP contribution in [0.2, 0.25) is 0 Å². The van der Waals surface area contributed by atoms with Gasteiger partial charge in [0.15, 0.2) is 0 Å². The molecular formula is C14H18BrN3O. The van der Waals surface area contributed by atoms with Gasteiger partial charge in [0, 0.05) is 17.4 Å². The Hall–Kier alpha value is -1.20. The van der Waals surface area contributed by atoms with E-state index in [1.807, 2.05) is 29.8 Å². The Kier molecular flexibility index (Phi) is 4.71. The second-order valence-electron chi connectivity index (χ2n) is 4.60. The second kappa shape index (κ2) is 6.30. The number of benzene rings is 1. The number of aromatic nitrogens is 3. The molecule has 0 saturated heterocycles. The van der Waals surface area contributed by atoms with Crippen LogP contribution in [0.3, 0.4) is 0 Å². The molecule has 1 heterocycles. The van der Waals surface area contributed by atoms with Crippen molar-refractivity contribution in [2.75, 3.05) is 0 Å². The molecule has 2 rings (SSSR count). The lowest BCUT2D eigenvalue weighted by Gasteiger charge is -2.14. The number of hydrogen-bond acceptors (Lipinski definition) is 3. The maximum absolute atomic E-state index is 10.4.